The molecular formula is C36H35IN2O2. The van der Waals surface area contributed by atoms with Crippen LogP contribution in [0.15, 0.2) is 96.0 Å². The van der Waals surface area contributed by atoms with Crippen molar-refractivity contribution in [1.29, 1.82) is 0 Å². The molecule has 4 aromatic rings. The summed E-state index contributed by atoms with van der Waals surface area (Å²) in [6.07, 6.45) is 7.74. The van der Waals surface area contributed by atoms with Gasteiger partial charge in [-0.25, -0.2) is 0 Å². The zero-order valence-electron chi connectivity index (χ0n) is 23.7. The van der Waals surface area contributed by atoms with E-state index in [4.69, 9.17) is 14.5 Å². The van der Waals surface area contributed by atoms with E-state index >= 15 is 0 Å². The fourth-order valence-electron chi connectivity index (χ4n) is 5.87. The van der Waals surface area contributed by atoms with Crippen LogP contribution in [0.25, 0.3) is 0 Å². The third kappa shape index (κ3) is 6.05. The Bertz CT molecular complexity index is 1590. The molecule has 6 rings (SSSR count). The van der Waals surface area contributed by atoms with E-state index in [1.807, 2.05) is 19.2 Å². The normalized spacial score (nSPS) is 19.1. The summed E-state index contributed by atoms with van der Waals surface area (Å²) in [6.45, 7) is 7.31. The maximum Gasteiger partial charge on any atom is 0.175 e. The first-order valence-corrected chi connectivity index (χ1v) is 15.4. The number of anilines is 1. The summed E-state index contributed by atoms with van der Waals surface area (Å²) in [5, 5.41) is 3.84. The van der Waals surface area contributed by atoms with E-state index in [2.05, 4.69) is 127 Å². The van der Waals surface area contributed by atoms with Crippen LogP contribution in [0.5, 0.6) is 11.5 Å². The van der Waals surface area contributed by atoms with E-state index in [0.717, 1.165) is 38.3 Å². The number of ether oxygens (including phenoxy) is 2. The number of hydrogen-bond donors (Lipinski definition) is 1. The Morgan fingerprint density at radius 3 is 2.49 bits per heavy atom. The average Bonchev–Trinajstić information content (AvgIpc) is 3.47. The lowest BCUT2D eigenvalue weighted by molar-refractivity contribution is 0.267. The highest BCUT2D eigenvalue weighted by Crippen LogP contribution is 2.50. The van der Waals surface area contributed by atoms with Crippen molar-refractivity contribution in [1.82, 2.24) is 0 Å². The number of benzene rings is 4. The zero-order chi connectivity index (χ0) is 28.3. The van der Waals surface area contributed by atoms with E-state index in [1.54, 1.807) is 0 Å². The Hall–Kier alpha value is -3.58. The first kappa shape index (κ1) is 27.6. The largest absolute Gasteiger partial charge is 0.490 e. The maximum absolute atomic E-state index is 6.21. The minimum absolute atomic E-state index is 0.283. The molecule has 5 heteroatoms. The van der Waals surface area contributed by atoms with Gasteiger partial charge in [-0.2, -0.15) is 0 Å². The number of nitrogens with zero attached hydrogens (tertiary/aromatic N) is 1. The summed E-state index contributed by atoms with van der Waals surface area (Å²) < 4.78 is 13.2. The van der Waals surface area contributed by atoms with E-state index in [0.29, 0.717) is 25.0 Å². The predicted molar refractivity (Wildman–Crippen MR) is 177 cm³/mol. The number of halogens is 1. The molecule has 1 aliphatic carbocycles. The molecule has 3 atom stereocenters. The monoisotopic (exact) mass is 654 g/mol. The van der Waals surface area contributed by atoms with Crippen LogP contribution in [0.3, 0.4) is 0 Å². The van der Waals surface area contributed by atoms with Gasteiger partial charge < -0.3 is 14.8 Å². The number of fused-ring (bicyclic) bond motifs is 3. The number of rotatable bonds is 8. The maximum atomic E-state index is 6.21. The molecule has 0 aromatic heterocycles. The van der Waals surface area contributed by atoms with Gasteiger partial charge in [-0.3, -0.25) is 4.99 Å². The molecule has 0 amide bonds. The van der Waals surface area contributed by atoms with E-state index < -0.39 is 0 Å². The van der Waals surface area contributed by atoms with Crippen LogP contribution in [0.1, 0.15) is 58.7 Å². The molecule has 0 fully saturated rings. The fourth-order valence-corrected chi connectivity index (χ4v) is 6.65. The van der Waals surface area contributed by atoms with Crippen molar-refractivity contribution in [3.63, 3.8) is 0 Å². The Morgan fingerprint density at radius 2 is 1.71 bits per heavy atom. The Labute approximate surface area is 256 Å². The van der Waals surface area contributed by atoms with Crippen LogP contribution >= 0.6 is 22.6 Å². The third-order valence-electron chi connectivity index (χ3n) is 7.97. The first-order chi connectivity index (χ1) is 20.0. The van der Waals surface area contributed by atoms with Gasteiger partial charge in [-0.05, 0) is 108 Å². The van der Waals surface area contributed by atoms with Gasteiger partial charge in [0.15, 0.2) is 11.5 Å². The fraction of sp³-hybridized carbons (Fsp3) is 0.250. The van der Waals surface area contributed by atoms with Gasteiger partial charge in [0, 0.05) is 17.8 Å². The van der Waals surface area contributed by atoms with Crippen LogP contribution in [-0.4, -0.2) is 12.8 Å². The molecule has 0 saturated carbocycles. The molecule has 1 N–H and O–H groups in total. The zero-order valence-corrected chi connectivity index (χ0v) is 25.9. The van der Waals surface area contributed by atoms with Gasteiger partial charge in [0.2, 0.25) is 0 Å². The highest BCUT2D eigenvalue weighted by atomic mass is 127. The Balaban J connectivity index is 1.17. The molecule has 0 unspecified atom stereocenters. The van der Waals surface area contributed by atoms with Crippen molar-refractivity contribution < 1.29 is 9.47 Å². The Kier molecular flexibility index (Phi) is 8.15. The van der Waals surface area contributed by atoms with Crippen molar-refractivity contribution in [3.05, 3.63) is 128 Å². The van der Waals surface area contributed by atoms with Gasteiger partial charge in [-0.1, -0.05) is 71.8 Å². The number of aliphatic imine (C=N–C) groups is 1. The van der Waals surface area contributed by atoms with Crippen LogP contribution in [0.4, 0.5) is 11.4 Å². The summed E-state index contributed by atoms with van der Waals surface area (Å²) >= 11 is 2.32. The quantitative estimate of drug-likeness (QED) is 0.117. The van der Waals surface area contributed by atoms with Crippen molar-refractivity contribution in [2.24, 2.45) is 10.9 Å². The van der Waals surface area contributed by atoms with Crippen LogP contribution in [-0.2, 0) is 6.61 Å². The topological polar surface area (TPSA) is 42.8 Å². The second-order valence-electron chi connectivity index (χ2n) is 11.0. The smallest absolute Gasteiger partial charge is 0.175 e. The lowest BCUT2D eigenvalue weighted by Crippen LogP contribution is -2.29. The summed E-state index contributed by atoms with van der Waals surface area (Å²) in [4.78, 5) is 4.79. The van der Waals surface area contributed by atoms with Crippen molar-refractivity contribution >= 4 is 40.2 Å². The second-order valence-corrected chi connectivity index (χ2v) is 12.1. The van der Waals surface area contributed by atoms with Gasteiger partial charge in [0.05, 0.1) is 21.9 Å². The lowest BCUT2D eigenvalue weighted by atomic mass is 9.76. The second kappa shape index (κ2) is 12.1. The van der Waals surface area contributed by atoms with Gasteiger partial charge >= 0.3 is 0 Å². The number of aryl methyl sites for hydroxylation is 2. The molecule has 1 aliphatic heterocycles. The van der Waals surface area contributed by atoms with Crippen molar-refractivity contribution in [2.45, 2.75) is 45.8 Å². The molecular weight excluding hydrogens is 619 g/mol. The summed E-state index contributed by atoms with van der Waals surface area (Å²) in [5.74, 6) is 2.51. The van der Waals surface area contributed by atoms with Gasteiger partial charge in [0.25, 0.3) is 0 Å². The van der Waals surface area contributed by atoms with Crippen LogP contribution < -0.4 is 14.8 Å². The molecule has 0 spiro atoms. The van der Waals surface area contributed by atoms with E-state index in [9.17, 15) is 0 Å². The summed E-state index contributed by atoms with van der Waals surface area (Å²) in [6, 6.07) is 28.2. The standard InChI is InChI=1S/C36H35IN2O2/c1-4-40-34-20-26(19-32(37)36(34)41-22-25-11-8-23(2)9-12-25)21-38-28-15-13-27(14-16-28)35-30-7-5-6-29(30)31-18-24(3)10-17-33(31)39-35/h5-6,8-21,29-30,35,39H,4,7,22H2,1-3H3/t29-,30-,35+/m1/s1. The highest BCUT2D eigenvalue weighted by molar-refractivity contribution is 14.1. The number of hydrogen-bond acceptors (Lipinski definition) is 4. The predicted octanol–water partition coefficient (Wildman–Crippen LogP) is 9.46. The minimum Gasteiger partial charge on any atom is -0.490 e. The summed E-state index contributed by atoms with van der Waals surface area (Å²) in [5.41, 5.74) is 9.57. The molecule has 208 valence electrons. The molecule has 4 nitrogen and oxygen atoms in total. The SMILES string of the molecule is CCOc1cc(C=Nc2ccc([C@@H]3Nc4ccc(C)cc4[C@@H]4C=CC[C@H]43)cc2)cc(I)c1OCc1ccc(C)cc1. The van der Waals surface area contributed by atoms with Crippen LogP contribution in [0.2, 0.25) is 0 Å². The minimum atomic E-state index is 0.283. The highest BCUT2D eigenvalue weighted by Gasteiger charge is 2.37. The molecule has 0 bridgehead atoms. The molecule has 41 heavy (non-hydrogen) atoms. The molecule has 0 radical (unpaired) electrons. The third-order valence-corrected chi connectivity index (χ3v) is 8.77. The molecule has 0 saturated heterocycles. The summed E-state index contributed by atoms with van der Waals surface area (Å²) in [7, 11) is 0. The van der Waals surface area contributed by atoms with Crippen LogP contribution in [0, 0.1) is 23.3 Å². The Morgan fingerprint density at radius 1 is 0.927 bits per heavy atom. The van der Waals surface area contributed by atoms with Crippen molar-refractivity contribution in [2.75, 3.05) is 11.9 Å². The first-order valence-electron chi connectivity index (χ1n) is 14.3. The van der Waals surface area contributed by atoms with Crippen molar-refractivity contribution in [3.8, 4) is 11.5 Å². The van der Waals surface area contributed by atoms with E-state index in [-0.39, 0.29) is 6.04 Å². The average molecular weight is 655 g/mol. The number of nitrogens with one attached hydrogen (secondary N) is 1. The van der Waals surface area contributed by atoms with Gasteiger partial charge in [0.1, 0.15) is 6.61 Å². The molecule has 2 aliphatic rings. The number of allylic oxidation sites excluding steroid dienone is 2. The molecule has 4 aromatic carbocycles. The van der Waals surface area contributed by atoms with E-state index in [1.165, 1.54) is 27.9 Å². The lowest BCUT2D eigenvalue weighted by Gasteiger charge is -2.37. The molecule has 1 heterocycles. The van der Waals surface area contributed by atoms with Gasteiger partial charge in [-0.15, -0.1) is 0 Å².